The third-order valence-corrected chi connectivity index (χ3v) is 2.76. The van der Waals surface area contributed by atoms with Gasteiger partial charge in [-0.1, -0.05) is 6.07 Å². The highest BCUT2D eigenvalue weighted by Gasteiger charge is 2.07. The number of aryl methyl sites for hydroxylation is 1. The van der Waals surface area contributed by atoms with Gasteiger partial charge in [-0.05, 0) is 32.0 Å². The largest absolute Gasteiger partial charge is 0.366 e. The second-order valence-corrected chi connectivity index (χ2v) is 4.12. The van der Waals surface area contributed by atoms with E-state index in [2.05, 4.69) is 14.9 Å². The molecule has 0 spiro atoms. The fourth-order valence-corrected chi connectivity index (χ4v) is 1.86. The van der Waals surface area contributed by atoms with Gasteiger partial charge in [0.15, 0.2) is 0 Å². The van der Waals surface area contributed by atoms with Gasteiger partial charge in [0.05, 0.1) is 12.2 Å². The van der Waals surface area contributed by atoms with Crippen LogP contribution in [0.3, 0.4) is 0 Å². The Balaban J connectivity index is 2.19. The van der Waals surface area contributed by atoms with Crippen molar-refractivity contribution in [1.82, 2.24) is 9.97 Å². The van der Waals surface area contributed by atoms with Crippen molar-refractivity contribution >= 4 is 5.69 Å². The van der Waals surface area contributed by atoms with Crippen molar-refractivity contribution in [3.05, 3.63) is 53.9 Å². The molecule has 4 heteroatoms. The van der Waals surface area contributed by atoms with Gasteiger partial charge < -0.3 is 4.90 Å². The maximum atomic E-state index is 13.1. The van der Waals surface area contributed by atoms with Crippen LogP contribution in [-0.2, 0) is 6.54 Å². The molecule has 0 radical (unpaired) electrons. The Hall–Kier alpha value is -1.97. The number of hydrogen-bond acceptors (Lipinski definition) is 3. The first kappa shape index (κ1) is 12.5. The highest BCUT2D eigenvalue weighted by molar-refractivity contribution is 5.45. The number of nitrogens with zero attached hydrogens (tertiary/aromatic N) is 3. The van der Waals surface area contributed by atoms with Gasteiger partial charge in [-0.2, -0.15) is 4.39 Å². The van der Waals surface area contributed by atoms with Crippen molar-refractivity contribution in [2.45, 2.75) is 20.4 Å². The van der Waals surface area contributed by atoms with Gasteiger partial charge in [0, 0.05) is 30.2 Å². The number of anilines is 1. The van der Waals surface area contributed by atoms with Crippen LogP contribution in [0.5, 0.6) is 0 Å². The number of hydrogen-bond donors (Lipinski definition) is 0. The van der Waals surface area contributed by atoms with Crippen LogP contribution in [0.2, 0.25) is 0 Å². The van der Waals surface area contributed by atoms with Crippen molar-refractivity contribution in [1.29, 1.82) is 0 Å². The highest BCUT2D eigenvalue weighted by atomic mass is 19.1. The fourth-order valence-electron chi connectivity index (χ4n) is 1.86. The van der Waals surface area contributed by atoms with Gasteiger partial charge >= 0.3 is 0 Å². The van der Waals surface area contributed by atoms with Gasteiger partial charge in [0.1, 0.15) is 0 Å². The minimum atomic E-state index is -0.455. The van der Waals surface area contributed by atoms with E-state index in [0.29, 0.717) is 6.54 Å². The second-order valence-electron chi connectivity index (χ2n) is 4.12. The molecule has 0 fully saturated rings. The molecule has 0 saturated heterocycles. The van der Waals surface area contributed by atoms with Crippen LogP contribution >= 0.6 is 0 Å². The molecule has 2 heterocycles. The summed E-state index contributed by atoms with van der Waals surface area (Å²) in [6.07, 6.45) is 1.48. The molecule has 0 aliphatic rings. The molecule has 2 aromatic heterocycles. The molecule has 2 rings (SSSR count). The lowest BCUT2D eigenvalue weighted by Gasteiger charge is -2.22. The van der Waals surface area contributed by atoms with E-state index in [1.807, 2.05) is 38.1 Å². The Morgan fingerprint density at radius 3 is 2.78 bits per heavy atom. The monoisotopic (exact) mass is 245 g/mol. The molecule has 94 valence electrons. The third kappa shape index (κ3) is 3.03. The summed E-state index contributed by atoms with van der Waals surface area (Å²) in [7, 11) is 0. The number of pyridine rings is 2. The number of rotatable bonds is 4. The van der Waals surface area contributed by atoms with Gasteiger partial charge in [-0.15, -0.1) is 0 Å². The zero-order valence-electron chi connectivity index (χ0n) is 10.6. The van der Waals surface area contributed by atoms with Gasteiger partial charge in [0.25, 0.3) is 0 Å². The minimum absolute atomic E-state index is 0.455. The molecule has 0 saturated carbocycles. The van der Waals surface area contributed by atoms with Crippen LogP contribution < -0.4 is 4.90 Å². The van der Waals surface area contributed by atoms with E-state index in [4.69, 9.17) is 0 Å². The molecule has 0 aliphatic heterocycles. The molecular formula is C14H16FN3. The van der Waals surface area contributed by atoms with Crippen molar-refractivity contribution in [3.8, 4) is 0 Å². The Morgan fingerprint density at radius 1 is 1.28 bits per heavy atom. The minimum Gasteiger partial charge on any atom is -0.366 e. The maximum Gasteiger partial charge on any atom is 0.214 e. The van der Waals surface area contributed by atoms with Gasteiger partial charge in [-0.25, -0.2) is 4.98 Å². The predicted octanol–water partition coefficient (Wildman–Crippen LogP) is 2.95. The molecule has 18 heavy (non-hydrogen) atoms. The van der Waals surface area contributed by atoms with Gasteiger partial charge in [0.2, 0.25) is 5.95 Å². The van der Waals surface area contributed by atoms with Crippen LogP contribution in [0.15, 0.2) is 36.5 Å². The summed E-state index contributed by atoms with van der Waals surface area (Å²) in [5, 5.41) is 0. The van der Waals surface area contributed by atoms with E-state index in [1.54, 1.807) is 0 Å². The summed E-state index contributed by atoms with van der Waals surface area (Å²) < 4.78 is 13.1. The lowest BCUT2D eigenvalue weighted by atomic mass is 10.2. The zero-order chi connectivity index (χ0) is 13.0. The standard InChI is InChI=1S/C14H16FN3/c1-3-18(13-7-8-16-14(15)9-13)10-12-6-4-5-11(2)17-12/h4-9H,3,10H2,1-2H3. The van der Waals surface area contributed by atoms with Gasteiger partial charge in [-0.3, -0.25) is 4.98 Å². The Morgan fingerprint density at radius 2 is 2.11 bits per heavy atom. The fraction of sp³-hybridized carbons (Fsp3) is 0.286. The summed E-state index contributed by atoms with van der Waals surface area (Å²) in [5.41, 5.74) is 2.80. The predicted molar refractivity (Wildman–Crippen MR) is 69.9 cm³/mol. The highest BCUT2D eigenvalue weighted by Crippen LogP contribution is 2.16. The molecule has 0 aromatic carbocycles. The van der Waals surface area contributed by atoms with E-state index in [0.717, 1.165) is 23.6 Å². The average molecular weight is 245 g/mol. The molecule has 0 unspecified atom stereocenters. The quantitative estimate of drug-likeness (QED) is 0.775. The van der Waals surface area contributed by atoms with Crippen LogP contribution in [0.25, 0.3) is 0 Å². The molecule has 0 N–H and O–H groups in total. The van der Waals surface area contributed by atoms with Crippen molar-refractivity contribution in [2.24, 2.45) is 0 Å². The Bertz CT molecular complexity index is 528. The summed E-state index contributed by atoms with van der Waals surface area (Å²) >= 11 is 0. The second kappa shape index (κ2) is 5.58. The summed E-state index contributed by atoms with van der Waals surface area (Å²) in [5.74, 6) is -0.455. The lowest BCUT2D eigenvalue weighted by Crippen LogP contribution is -2.22. The average Bonchev–Trinajstić information content (AvgIpc) is 2.36. The number of halogens is 1. The summed E-state index contributed by atoms with van der Waals surface area (Å²) in [4.78, 5) is 10.1. The normalized spacial score (nSPS) is 10.4. The van der Waals surface area contributed by atoms with Crippen molar-refractivity contribution < 1.29 is 4.39 Å². The van der Waals surface area contributed by atoms with E-state index >= 15 is 0 Å². The van der Waals surface area contributed by atoms with Crippen molar-refractivity contribution in [3.63, 3.8) is 0 Å². The molecular weight excluding hydrogens is 229 g/mol. The summed E-state index contributed by atoms with van der Waals surface area (Å²) in [6.45, 7) is 5.46. The molecule has 0 bridgehead atoms. The molecule has 0 amide bonds. The first-order valence-corrected chi connectivity index (χ1v) is 5.98. The van der Waals surface area contributed by atoms with E-state index < -0.39 is 5.95 Å². The van der Waals surface area contributed by atoms with E-state index in [9.17, 15) is 4.39 Å². The molecule has 0 aliphatic carbocycles. The topological polar surface area (TPSA) is 29.0 Å². The van der Waals surface area contributed by atoms with E-state index in [1.165, 1.54) is 12.3 Å². The summed E-state index contributed by atoms with van der Waals surface area (Å²) in [6, 6.07) is 9.18. The smallest absolute Gasteiger partial charge is 0.214 e. The first-order chi connectivity index (χ1) is 8.69. The molecule has 2 aromatic rings. The molecule has 0 atom stereocenters. The Kier molecular flexibility index (Phi) is 3.87. The third-order valence-electron chi connectivity index (χ3n) is 2.76. The maximum absolute atomic E-state index is 13.1. The van der Waals surface area contributed by atoms with Crippen LogP contribution in [-0.4, -0.2) is 16.5 Å². The van der Waals surface area contributed by atoms with E-state index in [-0.39, 0.29) is 0 Å². The van der Waals surface area contributed by atoms with Crippen LogP contribution in [0, 0.1) is 12.9 Å². The zero-order valence-corrected chi connectivity index (χ0v) is 10.6. The first-order valence-electron chi connectivity index (χ1n) is 5.98. The SMILES string of the molecule is CCN(Cc1cccc(C)n1)c1ccnc(F)c1. The lowest BCUT2D eigenvalue weighted by molar-refractivity contribution is 0.582. The number of aromatic nitrogens is 2. The van der Waals surface area contributed by atoms with Crippen LogP contribution in [0.4, 0.5) is 10.1 Å². The Labute approximate surface area is 106 Å². The van der Waals surface area contributed by atoms with Crippen molar-refractivity contribution in [2.75, 3.05) is 11.4 Å². The molecule has 3 nitrogen and oxygen atoms in total. The van der Waals surface area contributed by atoms with Crippen LogP contribution in [0.1, 0.15) is 18.3 Å².